The van der Waals surface area contributed by atoms with Gasteiger partial charge in [-0.2, -0.15) is 10.5 Å². The van der Waals surface area contributed by atoms with Crippen molar-refractivity contribution in [3.63, 3.8) is 0 Å². The smallest absolute Gasteiger partial charge is 0.348 e. The zero-order chi connectivity index (χ0) is 36.6. The number of aryl methyl sites for hydroxylation is 2. The van der Waals surface area contributed by atoms with E-state index in [1.807, 2.05) is 24.3 Å². The molecule has 0 N–H and O–H groups in total. The van der Waals surface area contributed by atoms with Crippen LogP contribution in [0, 0.1) is 22.7 Å². The lowest BCUT2D eigenvalue weighted by Crippen LogP contribution is -2.38. The van der Waals surface area contributed by atoms with Gasteiger partial charge >= 0.3 is 11.9 Å². The van der Waals surface area contributed by atoms with Gasteiger partial charge in [0, 0.05) is 36.5 Å². The third-order valence-electron chi connectivity index (χ3n) is 10.2. The summed E-state index contributed by atoms with van der Waals surface area (Å²) in [6.07, 6.45) is 18.8. The van der Waals surface area contributed by atoms with E-state index in [0.29, 0.717) is 12.1 Å². The van der Waals surface area contributed by atoms with E-state index < -0.39 is 11.9 Å². The molecule has 0 bridgehead atoms. The molecule has 8 heteroatoms. The molecule has 0 aromatic heterocycles. The van der Waals surface area contributed by atoms with Gasteiger partial charge in [-0.1, -0.05) is 57.1 Å². The van der Waals surface area contributed by atoms with Crippen LogP contribution in [0.5, 0.6) is 0 Å². The number of fused-ring (bicyclic) bond motifs is 2. The number of carbonyl (C=O) groups excluding carboxylic acids is 2. The Hall–Kier alpha value is -4.56. The number of nitrogens with zero attached hydrogens (tertiary/aromatic N) is 4. The summed E-state index contributed by atoms with van der Waals surface area (Å²) in [6.45, 7) is 10.7. The van der Waals surface area contributed by atoms with Gasteiger partial charge in [-0.05, 0) is 125 Å². The van der Waals surface area contributed by atoms with Crippen molar-refractivity contribution in [1.29, 1.82) is 10.5 Å². The number of carbonyl (C=O) groups is 2. The minimum absolute atomic E-state index is 0.0348. The quantitative estimate of drug-likeness (QED) is 0.0659. The second-order valence-electron chi connectivity index (χ2n) is 13.9. The highest BCUT2D eigenvalue weighted by atomic mass is 16.5. The molecule has 0 radical (unpaired) electrons. The highest BCUT2D eigenvalue weighted by molar-refractivity contribution is 5.98. The average molecular weight is 693 g/mol. The van der Waals surface area contributed by atoms with Crippen molar-refractivity contribution in [3.8, 4) is 12.1 Å². The maximum atomic E-state index is 12.1. The van der Waals surface area contributed by atoms with Crippen LogP contribution < -0.4 is 9.80 Å². The number of esters is 2. The van der Waals surface area contributed by atoms with Gasteiger partial charge in [0.25, 0.3) is 0 Å². The third-order valence-corrected chi connectivity index (χ3v) is 10.2. The van der Waals surface area contributed by atoms with Gasteiger partial charge in [0.15, 0.2) is 0 Å². The molecule has 2 atom stereocenters. The predicted molar refractivity (Wildman–Crippen MR) is 205 cm³/mol. The molecule has 8 nitrogen and oxygen atoms in total. The second kappa shape index (κ2) is 20.3. The Morgan fingerprint density at radius 1 is 0.667 bits per heavy atom. The molecule has 2 aliphatic heterocycles. The van der Waals surface area contributed by atoms with Crippen molar-refractivity contribution in [2.45, 2.75) is 123 Å². The highest BCUT2D eigenvalue weighted by Gasteiger charge is 2.24. The number of nitriles is 2. The summed E-state index contributed by atoms with van der Waals surface area (Å²) < 4.78 is 10.0. The lowest BCUT2D eigenvalue weighted by atomic mass is 9.94. The number of ether oxygens (including phenoxy) is 2. The Labute approximate surface area is 305 Å². The molecule has 0 aliphatic carbocycles. The first-order chi connectivity index (χ1) is 24.8. The van der Waals surface area contributed by atoms with E-state index in [1.165, 1.54) is 80.3 Å². The molecular formula is C43H56N4O4. The molecule has 2 aromatic rings. The zero-order valence-electron chi connectivity index (χ0n) is 31.2. The SMILES string of the molecule is CCOC(=O)/C(C#N)=C/c1ccc2c(c1)CCC(C)N2CCCCCCCCCCCN1c2ccc(/C=C(\C#N)C(=O)OCC)cc2CCC1C. The Balaban J connectivity index is 1.14. The summed E-state index contributed by atoms with van der Waals surface area (Å²) in [7, 11) is 0. The van der Waals surface area contributed by atoms with E-state index in [-0.39, 0.29) is 24.4 Å². The van der Waals surface area contributed by atoms with Gasteiger partial charge in [-0.25, -0.2) is 9.59 Å². The topological polar surface area (TPSA) is 107 Å². The fraction of sp³-hybridized carbons (Fsp3) is 0.535. The van der Waals surface area contributed by atoms with E-state index in [1.54, 1.807) is 26.0 Å². The van der Waals surface area contributed by atoms with Gasteiger partial charge in [0.2, 0.25) is 0 Å². The summed E-state index contributed by atoms with van der Waals surface area (Å²) in [5, 5.41) is 18.8. The lowest BCUT2D eigenvalue weighted by molar-refractivity contribution is -0.138. The first kappa shape index (κ1) is 39.2. The lowest BCUT2D eigenvalue weighted by Gasteiger charge is -2.37. The standard InChI is InChI=1S/C43H56N4O4/c1-5-50-42(48)38(30-44)28-34-18-22-40-36(26-34)20-16-32(3)46(40)24-14-12-10-8-7-9-11-13-15-25-47-33(4)17-21-37-27-35(19-23-41(37)47)29-39(31-45)43(49)51-6-2/h18-19,22-23,26-29,32-33H,5-17,20-21,24-25H2,1-4H3/b38-28+,39-29+. The molecule has 0 fully saturated rings. The molecular weight excluding hydrogens is 636 g/mol. The minimum atomic E-state index is -0.570. The van der Waals surface area contributed by atoms with Crippen LogP contribution in [0.1, 0.15) is 121 Å². The van der Waals surface area contributed by atoms with E-state index in [0.717, 1.165) is 49.9 Å². The Kier molecular flexibility index (Phi) is 15.6. The van der Waals surface area contributed by atoms with E-state index >= 15 is 0 Å². The van der Waals surface area contributed by atoms with Crippen molar-refractivity contribution >= 4 is 35.5 Å². The monoisotopic (exact) mass is 692 g/mol. The molecule has 2 heterocycles. The zero-order valence-corrected chi connectivity index (χ0v) is 31.2. The summed E-state index contributed by atoms with van der Waals surface area (Å²) >= 11 is 0. The van der Waals surface area contributed by atoms with Crippen molar-refractivity contribution in [2.75, 3.05) is 36.1 Å². The van der Waals surface area contributed by atoms with Crippen LogP contribution in [0.15, 0.2) is 47.5 Å². The number of benzene rings is 2. The predicted octanol–water partition coefficient (Wildman–Crippen LogP) is 9.12. The largest absolute Gasteiger partial charge is 0.462 e. The van der Waals surface area contributed by atoms with Crippen molar-refractivity contribution < 1.29 is 19.1 Å². The molecule has 0 amide bonds. The molecule has 0 spiro atoms. The van der Waals surface area contributed by atoms with Gasteiger partial charge in [-0.3, -0.25) is 0 Å². The minimum Gasteiger partial charge on any atom is -0.462 e. The Morgan fingerprint density at radius 3 is 1.39 bits per heavy atom. The van der Waals surface area contributed by atoms with Crippen LogP contribution in [-0.4, -0.2) is 50.3 Å². The van der Waals surface area contributed by atoms with Crippen LogP contribution in [0.2, 0.25) is 0 Å². The summed E-state index contributed by atoms with van der Waals surface area (Å²) in [6, 6.07) is 17.5. The van der Waals surface area contributed by atoms with E-state index in [9.17, 15) is 20.1 Å². The summed E-state index contributed by atoms with van der Waals surface area (Å²) in [5.74, 6) is -1.14. The van der Waals surface area contributed by atoms with E-state index in [4.69, 9.17) is 9.47 Å². The summed E-state index contributed by atoms with van der Waals surface area (Å²) in [4.78, 5) is 29.2. The van der Waals surface area contributed by atoms with Crippen LogP contribution in [0.25, 0.3) is 12.2 Å². The normalized spacial score (nSPS) is 17.2. The second-order valence-corrected chi connectivity index (χ2v) is 13.9. The number of unbranched alkanes of at least 4 members (excludes halogenated alkanes) is 8. The van der Waals surface area contributed by atoms with Gasteiger partial charge in [0.1, 0.15) is 23.3 Å². The van der Waals surface area contributed by atoms with Gasteiger partial charge in [-0.15, -0.1) is 0 Å². The highest BCUT2D eigenvalue weighted by Crippen LogP contribution is 2.34. The average Bonchev–Trinajstić information content (AvgIpc) is 3.13. The number of rotatable bonds is 18. The van der Waals surface area contributed by atoms with Crippen molar-refractivity contribution in [2.24, 2.45) is 0 Å². The molecule has 2 aliphatic rings. The maximum absolute atomic E-state index is 12.1. The third kappa shape index (κ3) is 11.2. The van der Waals surface area contributed by atoms with Crippen LogP contribution in [0.4, 0.5) is 11.4 Å². The first-order valence-electron chi connectivity index (χ1n) is 19.2. The molecule has 4 rings (SSSR count). The Bertz CT molecular complexity index is 1510. The summed E-state index contributed by atoms with van der Waals surface area (Å²) in [5.41, 5.74) is 6.94. The molecule has 2 unspecified atom stereocenters. The van der Waals surface area contributed by atoms with Crippen LogP contribution >= 0.6 is 0 Å². The van der Waals surface area contributed by atoms with Gasteiger partial charge < -0.3 is 19.3 Å². The van der Waals surface area contributed by atoms with Crippen molar-refractivity contribution in [1.82, 2.24) is 0 Å². The number of hydrogen-bond donors (Lipinski definition) is 0. The molecule has 272 valence electrons. The Morgan fingerprint density at radius 2 is 1.04 bits per heavy atom. The molecule has 0 saturated heterocycles. The molecule has 51 heavy (non-hydrogen) atoms. The maximum Gasteiger partial charge on any atom is 0.348 e. The molecule has 0 saturated carbocycles. The number of anilines is 2. The first-order valence-corrected chi connectivity index (χ1v) is 19.2. The van der Waals surface area contributed by atoms with Crippen LogP contribution in [-0.2, 0) is 31.9 Å². The number of hydrogen-bond acceptors (Lipinski definition) is 8. The van der Waals surface area contributed by atoms with Crippen molar-refractivity contribution in [3.05, 3.63) is 69.8 Å². The molecule has 2 aromatic carbocycles. The van der Waals surface area contributed by atoms with Gasteiger partial charge in [0.05, 0.1) is 13.2 Å². The van der Waals surface area contributed by atoms with Crippen LogP contribution in [0.3, 0.4) is 0 Å². The van der Waals surface area contributed by atoms with E-state index in [2.05, 4.69) is 47.9 Å². The fourth-order valence-electron chi connectivity index (χ4n) is 7.37. The fourth-order valence-corrected chi connectivity index (χ4v) is 7.37.